The number of nitrogens with zero attached hydrogens (tertiary/aromatic N) is 3. The van der Waals surface area contributed by atoms with E-state index in [0.29, 0.717) is 47.9 Å². The summed E-state index contributed by atoms with van der Waals surface area (Å²) < 4.78 is 19.1. The summed E-state index contributed by atoms with van der Waals surface area (Å²) in [6.07, 6.45) is 1.57. The van der Waals surface area contributed by atoms with Crippen molar-refractivity contribution in [2.75, 3.05) is 13.7 Å². The molecule has 2 aromatic carbocycles. The third-order valence-electron chi connectivity index (χ3n) is 6.52. The number of nitro benzene ring substituents is 1. The lowest BCUT2D eigenvalue weighted by atomic mass is 9.96. The van der Waals surface area contributed by atoms with Crippen molar-refractivity contribution in [1.29, 1.82) is 0 Å². The van der Waals surface area contributed by atoms with Crippen LogP contribution < -0.4 is 19.6 Å². The molecular formula is C29H24BrN3O7S. The molecule has 12 heteroatoms. The molecule has 5 rings (SSSR count). The smallest absolute Gasteiger partial charge is 0.338 e. The number of esters is 1. The quantitative estimate of drug-likeness (QED) is 0.158. The Bertz CT molecular complexity index is 1920. The Morgan fingerprint density at radius 3 is 2.68 bits per heavy atom. The van der Waals surface area contributed by atoms with E-state index in [1.807, 2.05) is 0 Å². The van der Waals surface area contributed by atoms with Gasteiger partial charge >= 0.3 is 5.97 Å². The number of carbonyl (C=O) groups is 1. The van der Waals surface area contributed by atoms with Gasteiger partial charge in [-0.25, -0.2) is 9.79 Å². The predicted octanol–water partition coefficient (Wildman–Crippen LogP) is 5.05. The number of rotatable bonds is 7. The molecule has 1 aliphatic heterocycles. The summed E-state index contributed by atoms with van der Waals surface area (Å²) in [6.45, 7) is 5.36. The summed E-state index contributed by atoms with van der Waals surface area (Å²) in [6, 6.07) is 12.7. The number of halogens is 1. The average Bonchev–Trinajstić information content (AvgIpc) is 3.52. The fourth-order valence-corrected chi connectivity index (χ4v) is 6.25. The number of ether oxygens (including phenoxy) is 2. The van der Waals surface area contributed by atoms with Gasteiger partial charge in [-0.2, -0.15) is 0 Å². The van der Waals surface area contributed by atoms with E-state index in [1.165, 1.54) is 10.6 Å². The van der Waals surface area contributed by atoms with Crippen LogP contribution in [0, 0.1) is 17.0 Å². The second-order valence-corrected chi connectivity index (χ2v) is 11.0. The van der Waals surface area contributed by atoms with Gasteiger partial charge < -0.3 is 13.9 Å². The Hall–Kier alpha value is -4.29. The first-order valence-electron chi connectivity index (χ1n) is 12.5. The minimum atomic E-state index is -0.794. The maximum Gasteiger partial charge on any atom is 0.338 e. The second-order valence-electron chi connectivity index (χ2n) is 9.18. The molecule has 0 spiro atoms. The summed E-state index contributed by atoms with van der Waals surface area (Å²) in [5.74, 6) is 0.680. The topological polar surface area (TPSA) is 126 Å². The highest BCUT2D eigenvalue weighted by Crippen LogP contribution is 2.35. The standard InChI is InChI=1S/C29H24BrN3O7S/c1-5-39-28(35)25-16(3)31-29-32(26(25)17-7-10-23(38-4)20(30)13-17)27(34)24(41-29)14-18-8-11-22(40-18)19-9-6-15(2)12-21(19)33(36)37/h6-14,26H,5H2,1-4H3/b24-14-. The first kappa shape index (κ1) is 28.2. The van der Waals surface area contributed by atoms with Crippen LogP contribution in [0.4, 0.5) is 5.69 Å². The second kappa shape index (κ2) is 11.3. The fourth-order valence-electron chi connectivity index (χ4n) is 4.67. The van der Waals surface area contributed by atoms with E-state index < -0.39 is 16.9 Å². The number of allylic oxidation sites excluding steroid dienone is 1. The highest BCUT2D eigenvalue weighted by Gasteiger charge is 2.33. The zero-order valence-electron chi connectivity index (χ0n) is 22.5. The number of furan rings is 1. The normalized spacial score (nSPS) is 15.0. The SMILES string of the molecule is CCOC(=O)C1=C(C)N=c2s/c(=C\c3ccc(-c4ccc(C)cc4[N+](=O)[O-])o3)c(=O)n2C1c1ccc(OC)c(Br)c1. The van der Waals surface area contributed by atoms with Gasteiger partial charge in [-0.3, -0.25) is 19.5 Å². The van der Waals surface area contributed by atoms with E-state index in [0.717, 1.165) is 16.9 Å². The van der Waals surface area contributed by atoms with E-state index in [9.17, 15) is 19.7 Å². The highest BCUT2D eigenvalue weighted by molar-refractivity contribution is 9.10. The Labute approximate surface area is 246 Å². The fraction of sp³-hybridized carbons (Fsp3) is 0.207. The van der Waals surface area contributed by atoms with Crippen molar-refractivity contribution in [1.82, 2.24) is 4.57 Å². The Balaban J connectivity index is 1.65. The predicted molar refractivity (Wildman–Crippen MR) is 157 cm³/mol. The molecule has 0 radical (unpaired) electrons. The summed E-state index contributed by atoms with van der Waals surface area (Å²) in [5.41, 5.74) is 2.01. The van der Waals surface area contributed by atoms with Gasteiger partial charge in [-0.05, 0) is 78.2 Å². The third kappa shape index (κ3) is 5.27. The maximum atomic E-state index is 13.8. The van der Waals surface area contributed by atoms with Crippen molar-refractivity contribution in [3.63, 3.8) is 0 Å². The number of hydrogen-bond donors (Lipinski definition) is 0. The molecule has 0 bridgehead atoms. The number of aryl methyl sites for hydroxylation is 1. The lowest BCUT2D eigenvalue weighted by Gasteiger charge is -2.25. The lowest BCUT2D eigenvalue weighted by molar-refractivity contribution is -0.384. The molecule has 0 amide bonds. The average molecular weight is 638 g/mol. The van der Waals surface area contributed by atoms with Gasteiger partial charge in [-0.15, -0.1) is 0 Å². The molecule has 0 fully saturated rings. The molecule has 0 saturated heterocycles. The van der Waals surface area contributed by atoms with Gasteiger partial charge in [0.25, 0.3) is 11.2 Å². The van der Waals surface area contributed by atoms with E-state index in [2.05, 4.69) is 20.9 Å². The van der Waals surface area contributed by atoms with Crippen LogP contribution in [0.2, 0.25) is 0 Å². The van der Waals surface area contributed by atoms with E-state index >= 15 is 0 Å². The summed E-state index contributed by atoms with van der Waals surface area (Å²) >= 11 is 4.65. The molecule has 0 aliphatic carbocycles. The summed E-state index contributed by atoms with van der Waals surface area (Å²) in [7, 11) is 1.55. The number of aromatic nitrogens is 1. The van der Waals surface area contributed by atoms with Crippen LogP contribution in [0.15, 0.2) is 78.5 Å². The number of carbonyl (C=O) groups excluding carboxylic acids is 1. The monoisotopic (exact) mass is 637 g/mol. The van der Waals surface area contributed by atoms with Gasteiger partial charge in [0.05, 0.1) is 50.5 Å². The van der Waals surface area contributed by atoms with Gasteiger partial charge in [0.15, 0.2) is 4.80 Å². The molecule has 10 nitrogen and oxygen atoms in total. The zero-order valence-corrected chi connectivity index (χ0v) is 24.9. The van der Waals surface area contributed by atoms with Crippen LogP contribution in [0.5, 0.6) is 5.75 Å². The van der Waals surface area contributed by atoms with Gasteiger partial charge in [0, 0.05) is 12.1 Å². The van der Waals surface area contributed by atoms with Crippen molar-refractivity contribution < 1.29 is 23.6 Å². The first-order chi connectivity index (χ1) is 19.6. The van der Waals surface area contributed by atoms with Crippen molar-refractivity contribution in [3.05, 3.63) is 111 Å². The van der Waals surface area contributed by atoms with Gasteiger partial charge in [0.2, 0.25) is 0 Å². The van der Waals surface area contributed by atoms with Crippen LogP contribution >= 0.6 is 27.3 Å². The molecule has 41 heavy (non-hydrogen) atoms. The molecular weight excluding hydrogens is 614 g/mol. The first-order valence-corrected chi connectivity index (χ1v) is 14.1. The number of fused-ring (bicyclic) bond motifs is 1. The molecule has 1 atom stereocenters. The molecule has 3 heterocycles. The number of methoxy groups -OCH3 is 1. The number of hydrogen-bond acceptors (Lipinski definition) is 9. The Morgan fingerprint density at radius 2 is 2.00 bits per heavy atom. The molecule has 1 aliphatic rings. The minimum absolute atomic E-state index is 0.0714. The summed E-state index contributed by atoms with van der Waals surface area (Å²) in [4.78, 5) is 43.1. The number of nitro groups is 1. The van der Waals surface area contributed by atoms with Crippen molar-refractivity contribution in [3.8, 4) is 17.1 Å². The van der Waals surface area contributed by atoms with Gasteiger partial charge in [0.1, 0.15) is 17.3 Å². The van der Waals surface area contributed by atoms with Gasteiger partial charge in [-0.1, -0.05) is 23.5 Å². The van der Waals surface area contributed by atoms with E-state index in [-0.39, 0.29) is 23.4 Å². The van der Waals surface area contributed by atoms with E-state index in [4.69, 9.17) is 13.9 Å². The van der Waals surface area contributed by atoms with Crippen LogP contribution in [0.1, 0.15) is 36.8 Å². The van der Waals surface area contributed by atoms with Crippen molar-refractivity contribution in [2.45, 2.75) is 26.8 Å². The van der Waals surface area contributed by atoms with E-state index in [1.54, 1.807) is 76.4 Å². The maximum absolute atomic E-state index is 13.8. The zero-order chi connectivity index (χ0) is 29.4. The molecule has 0 N–H and O–H groups in total. The molecule has 1 unspecified atom stereocenters. The van der Waals surface area contributed by atoms with Crippen LogP contribution in [-0.4, -0.2) is 29.2 Å². The van der Waals surface area contributed by atoms with Crippen LogP contribution in [0.3, 0.4) is 0 Å². The lowest BCUT2D eigenvalue weighted by Crippen LogP contribution is -2.39. The van der Waals surface area contributed by atoms with Crippen molar-refractivity contribution in [2.24, 2.45) is 4.99 Å². The summed E-state index contributed by atoms with van der Waals surface area (Å²) in [5, 5.41) is 11.6. The number of thiazole rings is 1. The molecule has 210 valence electrons. The largest absolute Gasteiger partial charge is 0.496 e. The Kier molecular flexibility index (Phi) is 7.78. The third-order valence-corrected chi connectivity index (χ3v) is 8.13. The molecule has 4 aromatic rings. The Morgan fingerprint density at radius 1 is 1.22 bits per heavy atom. The molecule has 0 saturated carbocycles. The van der Waals surface area contributed by atoms with Crippen LogP contribution in [-0.2, 0) is 9.53 Å². The molecule has 2 aromatic heterocycles. The highest BCUT2D eigenvalue weighted by atomic mass is 79.9. The van der Waals surface area contributed by atoms with Crippen molar-refractivity contribution >= 4 is 45.0 Å². The van der Waals surface area contributed by atoms with Crippen LogP contribution in [0.25, 0.3) is 17.4 Å². The minimum Gasteiger partial charge on any atom is -0.496 e. The number of benzene rings is 2.